The van der Waals surface area contributed by atoms with Crippen LogP contribution >= 0.6 is 0 Å². The van der Waals surface area contributed by atoms with Gasteiger partial charge in [0, 0.05) is 31.0 Å². The summed E-state index contributed by atoms with van der Waals surface area (Å²) >= 11 is 0. The lowest BCUT2D eigenvalue weighted by atomic mass is 10.3. The summed E-state index contributed by atoms with van der Waals surface area (Å²) in [5.41, 5.74) is 0. The van der Waals surface area contributed by atoms with Crippen LogP contribution in [0.3, 0.4) is 0 Å². The summed E-state index contributed by atoms with van der Waals surface area (Å²) in [5.74, 6) is -0.463. The number of furan rings is 1. The zero-order valence-corrected chi connectivity index (χ0v) is 14.8. The minimum absolute atomic E-state index is 0.558. The quantitative estimate of drug-likeness (QED) is 0.372. The second-order valence-electron chi connectivity index (χ2n) is 5.86. The Morgan fingerprint density at radius 2 is 1.85 bits per heavy atom. The van der Waals surface area contributed by atoms with Crippen LogP contribution in [0.25, 0.3) is 0 Å². The number of carboxylic acids is 2. The van der Waals surface area contributed by atoms with Crippen LogP contribution in [0.4, 0.5) is 5.82 Å². The number of pyridine rings is 1. The van der Waals surface area contributed by atoms with E-state index in [2.05, 4.69) is 30.5 Å². The number of rotatable bonds is 8. The van der Waals surface area contributed by atoms with Crippen LogP contribution in [0.15, 0.2) is 59.4 Å². The first-order chi connectivity index (χ1) is 12.3. The topological polar surface area (TPSA) is 113 Å². The van der Waals surface area contributed by atoms with Gasteiger partial charge in [0.2, 0.25) is 5.82 Å². The van der Waals surface area contributed by atoms with E-state index in [4.69, 9.17) is 14.6 Å². The Bertz CT molecular complexity index is 681. The molecule has 0 aliphatic heterocycles. The molecule has 0 aromatic carbocycles. The second-order valence-corrected chi connectivity index (χ2v) is 5.86. The van der Waals surface area contributed by atoms with Gasteiger partial charge in [0.1, 0.15) is 5.76 Å². The van der Waals surface area contributed by atoms with Crippen molar-refractivity contribution < 1.29 is 24.2 Å². The Balaban J connectivity index is 0.000000359. The number of aromatic nitrogens is 1. The van der Waals surface area contributed by atoms with E-state index < -0.39 is 11.9 Å². The number of nitrogens with one attached hydrogen (secondary N) is 1. The maximum Gasteiger partial charge on any atom is 0.328 e. The van der Waals surface area contributed by atoms with Gasteiger partial charge >= 0.3 is 11.9 Å². The average Bonchev–Trinajstić information content (AvgIpc) is 3.12. The van der Waals surface area contributed by atoms with E-state index in [1.807, 2.05) is 30.5 Å². The third-order valence-electron chi connectivity index (χ3n) is 3.36. The van der Waals surface area contributed by atoms with E-state index in [0.717, 1.165) is 35.7 Å². The standard InChI is InChI=1S/C14H20N3O.C4H4O4/c1-17(2,14-7-3-4-8-16-14)10-9-15-12-13-6-5-11-18-13;5-3(6)1-2-4(7)8/h3-8,11,15H,9-10,12H2,1-2H3;1-2H,(H,5,6)(H,7,8)/q+1;/b;2-1+. The van der Waals surface area contributed by atoms with Crippen LogP contribution in [0.5, 0.6) is 0 Å². The summed E-state index contributed by atoms with van der Waals surface area (Å²) < 4.78 is 6.04. The van der Waals surface area contributed by atoms with Gasteiger partial charge in [-0.2, -0.15) is 0 Å². The van der Waals surface area contributed by atoms with Gasteiger partial charge in [0.05, 0.1) is 33.4 Å². The zero-order chi connectivity index (χ0) is 19.4. The first-order valence-corrected chi connectivity index (χ1v) is 7.93. The van der Waals surface area contributed by atoms with Crippen LogP contribution in [-0.2, 0) is 16.1 Å². The number of likely N-dealkylation sites (N-methyl/N-ethyl adjacent to an activating group) is 1. The second kappa shape index (κ2) is 10.8. The molecule has 3 N–H and O–H groups in total. The number of carbonyl (C=O) groups is 2. The lowest BCUT2D eigenvalue weighted by molar-refractivity contribution is -0.134. The van der Waals surface area contributed by atoms with Crippen molar-refractivity contribution in [2.75, 3.05) is 27.2 Å². The Labute approximate surface area is 152 Å². The highest BCUT2D eigenvalue weighted by Crippen LogP contribution is 2.13. The SMILES string of the molecule is C[N+](C)(CCNCc1ccco1)c1ccccn1.O=C(O)/C=C/C(=O)O. The van der Waals surface area contributed by atoms with Gasteiger partial charge in [-0.3, -0.25) is 4.48 Å². The molecule has 8 nitrogen and oxygen atoms in total. The van der Waals surface area contributed by atoms with Crippen LogP contribution in [0.1, 0.15) is 5.76 Å². The van der Waals surface area contributed by atoms with E-state index in [0.29, 0.717) is 12.2 Å². The van der Waals surface area contributed by atoms with Gasteiger partial charge in [-0.1, -0.05) is 6.07 Å². The van der Waals surface area contributed by atoms with Gasteiger partial charge < -0.3 is 19.9 Å². The molecule has 0 aliphatic rings. The van der Waals surface area contributed by atoms with Crippen LogP contribution < -0.4 is 9.80 Å². The number of hydrogen-bond acceptors (Lipinski definition) is 5. The first-order valence-electron chi connectivity index (χ1n) is 7.93. The van der Waals surface area contributed by atoms with Crippen LogP contribution in [-0.4, -0.2) is 54.3 Å². The predicted molar refractivity (Wildman–Crippen MR) is 97.6 cm³/mol. The van der Waals surface area contributed by atoms with Gasteiger partial charge in [-0.15, -0.1) is 0 Å². The number of hydrogen-bond donors (Lipinski definition) is 3. The summed E-state index contributed by atoms with van der Waals surface area (Å²) in [7, 11) is 4.33. The van der Waals surface area contributed by atoms with Crippen molar-refractivity contribution in [2.45, 2.75) is 6.54 Å². The Hall–Kier alpha value is -2.97. The summed E-state index contributed by atoms with van der Waals surface area (Å²) in [5, 5.41) is 19.0. The maximum atomic E-state index is 9.55. The number of quaternary nitrogens is 1. The Morgan fingerprint density at radius 1 is 1.15 bits per heavy atom. The minimum atomic E-state index is -1.26. The van der Waals surface area contributed by atoms with Gasteiger partial charge in [-0.25, -0.2) is 14.6 Å². The van der Waals surface area contributed by atoms with Gasteiger partial charge in [-0.05, 0) is 18.2 Å². The van der Waals surface area contributed by atoms with E-state index in [1.54, 1.807) is 6.26 Å². The average molecular weight is 362 g/mol. The molecule has 0 saturated heterocycles. The van der Waals surface area contributed by atoms with E-state index in [-0.39, 0.29) is 0 Å². The fraction of sp³-hybridized carbons (Fsp3) is 0.278. The molecule has 0 amide bonds. The van der Waals surface area contributed by atoms with Crippen molar-refractivity contribution in [2.24, 2.45) is 0 Å². The van der Waals surface area contributed by atoms with Crippen molar-refractivity contribution >= 4 is 17.8 Å². The smallest absolute Gasteiger partial charge is 0.328 e. The van der Waals surface area contributed by atoms with Crippen LogP contribution in [0, 0.1) is 0 Å². The molecule has 2 rings (SSSR count). The fourth-order valence-electron chi connectivity index (χ4n) is 1.95. The van der Waals surface area contributed by atoms with E-state index >= 15 is 0 Å². The monoisotopic (exact) mass is 362 g/mol. The summed E-state index contributed by atoms with van der Waals surface area (Å²) in [6.45, 7) is 2.68. The first kappa shape index (κ1) is 21.1. The third-order valence-corrected chi connectivity index (χ3v) is 3.36. The molecule has 2 aromatic rings. The molecule has 0 saturated carbocycles. The molecule has 26 heavy (non-hydrogen) atoms. The lowest BCUT2D eigenvalue weighted by Gasteiger charge is -2.27. The molecule has 0 bridgehead atoms. The van der Waals surface area contributed by atoms with Crippen molar-refractivity contribution in [3.63, 3.8) is 0 Å². The summed E-state index contributed by atoms with van der Waals surface area (Å²) in [6.07, 6.45) is 4.65. The third kappa shape index (κ3) is 8.76. The van der Waals surface area contributed by atoms with Crippen molar-refractivity contribution in [3.8, 4) is 0 Å². The molecule has 0 fully saturated rings. The van der Waals surface area contributed by atoms with Crippen molar-refractivity contribution in [1.29, 1.82) is 0 Å². The lowest BCUT2D eigenvalue weighted by Crippen LogP contribution is -2.45. The molecule has 0 aliphatic carbocycles. The molecule has 2 aromatic heterocycles. The molecule has 0 radical (unpaired) electrons. The molecule has 2 heterocycles. The normalized spacial score (nSPS) is 11.0. The summed E-state index contributed by atoms with van der Waals surface area (Å²) in [6, 6.07) is 9.92. The number of aliphatic carboxylic acids is 2. The highest BCUT2D eigenvalue weighted by molar-refractivity contribution is 5.89. The predicted octanol–water partition coefficient (Wildman–Crippen LogP) is 1.74. The molecular weight excluding hydrogens is 338 g/mol. The zero-order valence-electron chi connectivity index (χ0n) is 14.8. The van der Waals surface area contributed by atoms with Crippen LogP contribution in [0.2, 0.25) is 0 Å². The maximum absolute atomic E-state index is 9.55. The molecular formula is C18H24N3O5+. The Morgan fingerprint density at radius 3 is 2.35 bits per heavy atom. The van der Waals surface area contributed by atoms with E-state index in [1.165, 1.54) is 0 Å². The van der Waals surface area contributed by atoms with Gasteiger partial charge in [0.15, 0.2) is 0 Å². The molecule has 0 unspecified atom stereocenters. The molecule has 140 valence electrons. The molecule has 8 heteroatoms. The number of carboxylic acid groups (broad SMARTS) is 2. The Kier molecular flexibility index (Phi) is 8.76. The highest BCUT2D eigenvalue weighted by Gasteiger charge is 2.19. The molecule has 0 spiro atoms. The highest BCUT2D eigenvalue weighted by atomic mass is 16.4. The fourth-order valence-corrected chi connectivity index (χ4v) is 1.95. The minimum Gasteiger partial charge on any atom is -0.478 e. The van der Waals surface area contributed by atoms with E-state index in [9.17, 15) is 9.59 Å². The van der Waals surface area contributed by atoms with Gasteiger partial charge in [0.25, 0.3) is 0 Å². The molecule has 0 atom stereocenters. The van der Waals surface area contributed by atoms with Crippen molar-refractivity contribution in [3.05, 3.63) is 60.7 Å². The number of nitrogens with zero attached hydrogens (tertiary/aromatic N) is 2. The largest absolute Gasteiger partial charge is 0.478 e. The van der Waals surface area contributed by atoms with Crippen molar-refractivity contribution in [1.82, 2.24) is 14.8 Å². The summed E-state index contributed by atoms with van der Waals surface area (Å²) in [4.78, 5) is 23.5.